The number of halogens is 2. The van der Waals surface area contributed by atoms with Crippen molar-refractivity contribution in [3.05, 3.63) is 64.9 Å². The summed E-state index contributed by atoms with van der Waals surface area (Å²) >= 11 is 5.85. The van der Waals surface area contributed by atoms with E-state index in [-0.39, 0.29) is 11.9 Å². The van der Waals surface area contributed by atoms with E-state index in [1.165, 1.54) is 12.1 Å². The van der Waals surface area contributed by atoms with Crippen molar-refractivity contribution < 1.29 is 9.13 Å². The molecule has 0 saturated heterocycles. The highest BCUT2D eigenvalue weighted by molar-refractivity contribution is 6.30. The summed E-state index contributed by atoms with van der Waals surface area (Å²) in [6.07, 6.45) is 0.339. The highest BCUT2D eigenvalue weighted by Crippen LogP contribution is 2.26. The van der Waals surface area contributed by atoms with E-state index in [1.54, 1.807) is 30.3 Å². The molecule has 4 heteroatoms. The molecule has 0 radical (unpaired) electrons. The van der Waals surface area contributed by atoms with Crippen molar-refractivity contribution in [2.75, 3.05) is 0 Å². The summed E-state index contributed by atoms with van der Waals surface area (Å²) in [6.45, 7) is 1.97. The van der Waals surface area contributed by atoms with Crippen LogP contribution in [-0.4, -0.2) is 6.04 Å². The molecule has 0 amide bonds. The number of ether oxygens (including phenoxy) is 1. The standard InChI is InChI=1S/C16H17ClFNO/c1-2-15(19)16(11-4-3-5-13(18)10-11)20-14-8-6-12(17)7-9-14/h3-10,15-16H,2,19H2,1H3. The first-order chi connectivity index (χ1) is 9.60. The highest BCUT2D eigenvalue weighted by atomic mass is 35.5. The fourth-order valence-electron chi connectivity index (χ4n) is 1.96. The second-order valence-electron chi connectivity index (χ2n) is 4.62. The van der Waals surface area contributed by atoms with E-state index in [4.69, 9.17) is 22.1 Å². The SMILES string of the molecule is CCC(N)C(Oc1ccc(Cl)cc1)c1cccc(F)c1. The molecule has 0 bridgehead atoms. The Hall–Kier alpha value is -1.58. The van der Waals surface area contributed by atoms with Crippen molar-refractivity contribution in [1.29, 1.82) is 0 Å². The van der Waals surface area contributed by atoms with E-state index in [0.29, 0.717) is 10.8 Å². The number of nitrogens with two attached hydrogens (primary N) is 1. The molecule has 0 spiro atoms. The number of benzene rings is 2. The Morgan fingerprint density at radius 2 is 1.90 bits per heavy atom. The molecule has 0 heterocycles. The van der Waals surface area contributed by atoms with Crippen molar-refractivity contribution in [2.24, 2.45) is 5.73 Å². The van der Waals surface area contributed by atoms with Crippen LogP contribution in [0.4, 0.5) is 4.39 Å². The predicted octanol–water partition coefficient (Wildman–Crippen LogP) is 4.34. The smallest absolute Gasteiger partial charge is 0.139 e. The lowest BCUT2D eigenvalue weighted by Gasteiger charge is -2.24. The van der Waals surface area contributed by atoms with Crippen molar-refractivity contribution in [2.45, 2.75) is 25.5 Å². The van der Waals surface area contributed by atoms with Crippen LogP contribution >= 0.6 is 11.6 Å². The fraction of sp³-hybridized carbons (Fsp3) is 0.250. The van der Waals surface area contributed by atoms with E-state index in [0.717, 1.165) is 12.0 Å². The third-order valence-electron chi connectivity index (χ3n) is 3.11. The summed E-state index contributed by atoms with van der Waals surface area (Å²) in [7, 11) is 0. The van der Waals surface area contributed by atoms with Gasteiger partial charge in [-0.25, -0.2) is 4.39 Å². The monoisotopic (exact) mass is 293 g/mol. The maximum atomic E-state index is 13.4. The summed E-state index contributed by atoms with van der Waals surface area (Å²) in [5.41, 5.74) is 6.83. The van der Waals surface area contributed by atoms with Gasteiger partial charge in [0.15, 0.2) is 0 Å². The predicted molar refractivity (Wildman–Crippen MR) is 79.5 cm³/mol. The van der Waals surface area contributed by atoms with Gasteiger partial charge < -0.3 is 10.5 Å². The van der Waals surface area contributed by atoms with Crippen LogP contribution in [-0.2, 0) is 0 Å². The van der Waals surface area contributed by atoms with Gasteiger partial charge in [-0.1, -0.05) is 30.7 Å². The van der Waals surface area contributed by atoms with Crippen LogP contribution in [0.3, 0.4) is 0 Å². The van der Waals surface area contributed by atoms with Gasteiger partial charge in [-0.15, -0.1) is 0 Å². The highest BCUT2D eigenvalue weighted by Gasteiger charge is 2.21. The van der Waals surface area contributed by atoms with Gasteiger partial charge in [0.25, 0.3) is 0 Å². The van der Waals surface area contributed by atoms with E-state index < -0.39 is 6.10 Å². The fourth-order valence-corrected chi connectivity index (χ4v) is 2.09. The summed E-state index contributed by atoms with van der Waals surface area (Å²) in [5, 5.41) is 0.638. The molecule has 2 aromatic rings. The average molecular weight is 294 g/mol. The minimum atomic E-state index is -0.392. The van der Waals surface area contributed by atoms with Gasteiger partial charge in [0, 0.05) is 11.1 Å². The Kier molecular flexibility index (Phi) is 4.99. The largest absolute Gasteiger partial charge is 0.484 e. The van der Waals surface area contributed by atoms with Crippen molar-refractivity contribution >= 4 is 11.6 Å². The molecular weight excluding hydrogens is 277 g/mol. The van der Waals surface area contributed by atoms with E-state index in [2.05, 4.69) is 0 Å². The molecule has 2 rings (SSSR count). The first-order valence-electron chi connectivity index (χ1n) is 6.53. The Morgan fingerprint density at radius 1 is 1.20 bits per heavy atom. The molecule has 0 aromatic heterocycles. The Morgan fingerprint density at radius 3 is 2.50 bits per heavy atom. The van der Waals surface area contributed by atoms with Crippen LogP contribution in [0.15, 0.2) is 48.5 Å². The first-order valence-corrected chi connectivity index (χ1v) is 6.91. The van der Waals surface area contributed by atoms with E-state index in [9.17, 15) is 4.39 Å². The lowest BCUT2D eigenvalue weighted by Crippen LogP contribution is -2.31. The van der Waals surface area contributed by atoms with Gasteiger partial charge in [-0.2, -0.15) is 0 Å². The topological polar surface area (TPSA) is 35.2 Å². The molecular formula is C16H17ClFNO. The Balaban J connectivity index is 2.26. The molecule has 0 aliphatic rings. The second-order valence-corrected chi connectivity index (χ2v) is 5.06. The molecule has 2 aromatic carbocycles. The minimum absolute atomic E-state index is 0.215. The Bertz CT molecular complexity index is 559. The van der Waals surface area contributed by atoms with Gasteiger partial charge in [0.05, 0.1) is 0 Å². The average Bonchev–Trinajstić information content (AvgIpc) is 2.46. The zero-order valence-corrected chi connectivity index (χ0v) is 12.0. The molecule has 2 nitrogen and oxygen atoms in total. The Labute approximate surface area is 123 Å². The van der Waals surface area contributed by atoms with Crippen molar-refractivity contribution in [3.8, 4) is 5.75 Å². The maximum absolute atomic E-state index is 13.4. The van der Waals surface area contributed by atoms with Gasteiger partial charge in [0.2, 0.25) is 0 Å². The third-order valence-corrected chi connectivity index (χ3v) is 3.37. The molecule has 0 aliphatic heterocycles. The summed E-state index contributed by atoms with van der Waals surface area (Å²) in [5.74, 6) is 0.364. The van der Waals surface area contributed by atoms with E-state index >= 15 is 0 Å². The van der Waals surface area contributed by atoms with Crippen LogP contribution in [0.1, 0.15) is 25.0 Å². The molecule has 0 fully saturated rings. The lowest BCUT2D eigenvalue weighted by molar-refractivity contribution is 0.170. The van der Waals surface area contributed by atoms with Gasteiger partial charge >= 0.3 is 0 Å². The molecule has 0 saturated carbocycles. The third kappa shape index (κ3) is 3.71. The molecule has 2 atom stereocenters. The summed E-state index contributed by atoms with van der Waals surface area (Å²) < 4.78 is 19.3. The van der Waals surface area contributed by atoms with Crippen LogP contribution in [0.25, 0.3) is 0 Å². The van der Waals surface area contributed by atoms with Crippen LogP contribution in [0.2, 0.25) is 5.02 Å². The molecule has 0 aliphatic carbocycles. The van der Waals surface area contributed by atoms with Crippen molar-refractivity contribution in [1.82, 2.24) is 0 Å². The normalized spacial score (nSPS) is 13.8. The summed E-state index contributed by atoms with van der Waals surface area (Å²) in [6, 6.07) is 13.2. The zero-order valence-electron chi connectivity index (χ0n) is 11.2. The van der Waals surface area contributed by atoms with Gasteiger partial charge in [-0.05, 0) is 48.4 Å². The minimum Gasteiger partial charge on any atom is -0.484 e. The van der Waals surface area contributed by atoms with Crippen LogP contribution < -0.4 is 10.5 Å². The maximum Gasteiger partial charge on any atom is 0.139 e. The first kappa shape index (κ1) is 14.8. The van der Waals surface area contributed by atoms with Crippen LogP contribution in [0, 0.1) is 5.82 Å². The number of rotatable bonds is 5. The molecule has 2 unspecified atom stereocenters. The van der Waals surface area contributed by atoms with Gasteiger partial charge in [-0.3, -0.25) is 0 Å². The quantitative estimate of drug-likeness (QED) is 0.890. The van der Waals surface area contributed by atoms with Crippen molar-refractivity contribution in [3.63, 3.8) is 0 Å². The van der Waals surface area contributed by atoms with E-state index in [1.807, 2.05) is 13.0 Å². The lowest BCUT2D eigenvalue weighted by atomic mass is 10.0. The van der Waals surface area contributed by atoms with Gasteiger partial charge in [0.1, 0.15) is 17.7 Å². The van der Waals surface area contributed by atoms with Crippen LogP contribution in [0.5, 0.6) is 5.75 Å². The number of hydrogen-bond acceptors (Lipinski definition) is 2. The molecule has 106 valence electrons. The zero-order chi connectivity index (χ0) is 14.5. The number of hydrogen-bond donors (Lipinski definition) is 1. The second kappa shape index (κ2) is 6.73. The molecule has 2 N–H and O–H groups in total. The summed E-state index contributed by atoms with van der Waals surface area (Å²) in [4.78, 5) is 0. The molecule has 20 heavy (non-hydrogen) atoms.